The van der Waals surface area contributed by atoms with E-state index in [0.717, 1.165) is 24.0 Å². The van der Waals surface area contributed by atoms with Crippen molar-refractivity contribution in [3.8, 4) is 11.3 Å². The van der Waals surface area contributed by atoms with E-state index in [0.29, 0.717) is 5.69 Å². The van der Waals surface area contributed by atoms with Crippen molar-refractivity contribution in [3.63, 3.8) is 0 Å². The van der Waals surface area contributed by atoms with Crippen LogP contribution in [0.1, 0.15) is 18.4 Å². The summed E-state index contributed by atoms with van der Waals surface area (Å²) in [4.78, 5) is 0. The van der Waals surface area contributed by atoms with E-state index in [9.17, 15) is 4.39 Å². The number of halogens is 1. The molecule has 1 saturated carbocycles. The van der Waals surface area contributed by atoms with E-state index in [1.807, 2.05) is 24.3 Å². The average molecular weight is 231 g/mol. The number of aryl methyl sites for hydroxylation is 1. The smallest absolute Gasteiger partial charge is 0.169 e. The van der Waals surface area contributed by atoms with Crippen molar-refractivity contribution < 1.29 is 4.39 Å². The van der Waals surface area contributed by atoms with Gasteiger partial charge in [0.25, 0.3) is 0 Å². The molecule has 1 aliphatic carbocycles. The minimum Gasteiger partial charge on any atom is -0.321 e. The maximum absolute atomic E-state index is 13.5. The molecule has 0 radical (unpaired) electrons. The second-order valence-electron chi connectivity index (χ2n) is 4.70. The first kappa shape index (κ1) is 10.5. The van der Waals surface area contributed by atoms with Crippen LogP contribution in [-0.4, -0.2) is 9.78 Å². The predicted molar refractivity (Wildman–Crippen MR) is 63.7 cm³/mol. The fraction of sp³-hybridized carbons (Fsp3) is 0.308. The molecule has 0 atom stereocenters. The number of nitrogens with two attached hydrogens (primary N) is 1. The highest BCUT2D eigenvalue weighted by atomic mass is 19.1. The third-order valence-corrected chi connectivity index (χ3v) is 3.42. The molecule has 2 aromatic rings. The number of hydrogen-bond donors (Lipinski definition) is 1. The van der Waals surface area contributed by atoms with E-state index in [-0.39, 0.29) is 11.4 Å². The molecule has 3 rings (SSSR count). The SMILES string of the molecule is Cn1ncc(F)c1-c1ccc(C2(N)CC2)cc1. The molecule has 0 bridgehead atoms. The van der Waals surface area contributed by atoms with Crippen LogP contribution < -0.4 is 5.73 Å². The molecule has 17 heavy (non-hydrogen) atoms. The van der Waals surface area contributed by atoms with Crippen molar-refractivity contribution in [3.05, 3.63) is 41.8 Å². The fourth-order valence-electron chi connectivity index (χ4n) is 2.12. The molecule has 0 amide bonds. The topological polar surface area (TPSA) is 43.8 Å². The summed E-state index contributed by atoms with van der Waals surface area (Å²) in [5.74, 6) is -0.297. The second kappa shape index (κ2) is 3.40. The van der Waals surface area contributed by atoms with E-state index in [4.69, 9.17) is 5.73 Å². The number of hydrogen-bond acceptors (Lipinski definition) is 2. The van der Waals surface area contributed by atoms with Crippen LogP contribution in [0.4, 0.5) is 4.39 Å². The second-order valence-corrected chi connectivity index (χ2v) is 4.70. The Morgan fingerprint density at radius 2 is 1.94 bits per heavy atom. The normalized spacial score (nSPS) is 17.1. The van der Waals surface area contributed by atoms with Gasteiger partial charge in [-0.25, -0.2) is 4.39 Å². The molecule has 88 valence electrons. The molecule has 3 nitrogen and oxygen atoms in total. The van der Waals surface area contributed by atoms with Crippen molar-refractivity contribution in [1.29, 1.82) is 0 Å². The summed E-state index contributed by atoms with van der Waals surface area (Å²) in [6, 6.07) is 7.77. The van der Waals surface area contributed by atoms with Gasteiger partial charge in [0.05, 0.1) is 6.20 Å². The third-order valence-electron chi connectivity index (χ3n) is 3.42. The van der Waals surface area contributed by atoms with E-state index in [1.165, 1.54) is 6.20 Å². The first-order valence-electron chi connectivity index (χ1n) is 5.67. The van der Waals surface area contributed by atoms with Crippen LogP contribution in [0.15, 0.2) is 30.5 Å². The zero-order chi connectivity index (χ0) is 12.0. The summed E-state index contributed by atoms with van der Waals surface area (Å²) in [6.07, 6.45) is 3.30. The molecular weight excluding hydrogens is 217 g/mol. The van der Waals surface area contributed by atoms with Gasteiger partial charge in [-0.05, 0) is 18.4 Å². The van der Waals surface area contributed by atoms with Gasteiger partial charge in [-0.1, -0.05) is 24.3 Å². The van der Waals surface area contributed by atoms with Gasteiger partial charge in [0.2, 0.25) is 0 Å². The molecule has 4 heteroatoms. The van der Waals surface area contributed by atoms with Crippen molar-refractivity contribution in [2.24, 2.45) is 12.8 Å². The first-order chi connectivity index (χ1) is 8.10. The average Bonchev–Trinajstić information content (AvgIpc) is 2.98. The van der Waals surface area contributed by atoms with Crippen LogP contribution in [0.5, 0.6) is 0 Å². The molecule has 2 N–H and O–H groups in total. The number of aromatic nitrogens is 2. The van der Waals surface area contributed by atoms with Crippen molar-refractivity contribution in [2.75, 3.05) is 0 Å². The Morgan fingerprint density at radius 1 is 1.29 bits per heavy atom. The van der Waals surface area contributed by atoms with Gasteiger partial charge in [0.15, 0.2) is 5.82 Å². The molecule has 1 heterocycles. The monoisotopic (exact) mass is 231 g/mol. The zero-order valence-electron chi connectivity index (χ0n) is 9.65. The summed E-state index contributed by atoms with van der Waals surface area (Å²) in [7, 11) is 1.73. The molecule has 1 aromatic carbocycles. The standard InChI is InChI=1S/C13H14FN3/c1-17-12(11(14)8-16-17)9-2-4-10(5-3-9)13(15)6-7-13/h2-5,8H,6-7,15H2,1H3. The minimum absolute atomic E-state index is 0.135. The van der Waals surface area contributed by atoms with Crippen LogP contribution in [0.3, 0.4) is 0 Å². The van der Waals surface area contributed by atoms with Crippen LogP contribution in [0.2, 0.25) is 0 Å². The summed E-state index contributed by atoms with van der Waals surface area (Å²) in [6.45, 7) is 0. The van der Waals surface area contributed by atoms with Gasteiger partial charge in [0, 0.05) is 18.2 Å². The Balaban J connectivity index is 2.00. The van der Waals surface area contributed by atoms with Crippen LogP contribution in [-0.2, 0) is 12.6 Å². The van der Waals surface area contributed by atoms with Gasteiger partial charge >= 0.3 is 0 Å². The number of benzene rings is 1. The highest BCUT2D eigenvalue weighted by Crippen LogP contribution is 2.42. The quantitative estimate of drug-likeness (QED) is 0.860. The van der Waals surface area contributed by atoms with Gasteiger partial charge in [-0.2, -0.15) is 5.10 Å². The maximum Gasteiger partial charge on any atom is 0.169 e. The summed E-state index contributed by atoms with van der Waals surface area (Å²) in [5.41, 5.74) is 8.44. The van der Waals surface area contributed by atoms with E-state index < -0.39 is 0 Å². The van der Waals surface area contributed by atoms with E-state index >= 15 is 0 Å². The zero-order valence-corrected chi connectivity index (χ0v) is 9.65. The van der Waals surface area contributed by atoms with Gasteiger partial charge < -0.3 is 5.73 Å². The number of nitrogens with zero attached hydrogens (tertiary/aromatic N) is 2. The minimum atomic E-state index is -0.297. The van der Waals surface area contributed by atoms with Crippen molar-refractivity contribution in [1.82, 2.24) is 9.78 Å². The predicted octanol–water partition coefficient (Wildman–Crippen LogP) is 2.17. The molecule has 1 aromatic heterocycles. The van der Waals surface area contributed by atoms with Crippen molar-refractivity contribution in [2.45, 2.75) is 18.4 Å². The summed E-state index contributed by atoms with van der Waals surface area (Å²) >= 11 is 0. The van der Waals surface area contributed by atoms with Gasteiger partial charge in [0.1, 0.15) is 5.69 Å². The Labute approximate surface area is 99.1 Å². The molecule has 0 saturated heterocycles. The van der Waals surface area contributed by atoms with Crippen LogP contribution in [0.25, 0.3) is 11.3 Å². The molecule has 0 unspecified atom stereocenters. The lowest BCUT2D eigenvalue weighted by molar-refractivity contribution is 0.629. The Hall–Kier alpha value is -1.68. The molecule has 0 spiro atoms. The summed E-state index contributed by atoms with van der Waals surface area (Å²) < 4.78 is 15.1. The molecule has 1 fully saturated rings. The van der Waals surface area contributed by atoms with Gasteiger partial charge in [-0.3, -0.25) is 4.68 Å². The lowest BCUT2D eigenvalue weighted by Gasteiger charge is -2.10. The third kappa shape index (κ3) is 1.65. The molecular formula is C13H14FN3. The van der Waals surface area contributed by atoms with Gasteiger partial charge in [-0.15, -0.1) is 0 Å². The summed E-state index contributed by atoms with van der Waals surface area (Å²) in [5, 5.41) is 3.89. The highest BCUT2D eigenvalue weighted by molar-refractivity contribution is 5.60. The Bertz CT molecular complexity index is 533. The van der Waals surface area contributed by atoms with E-state index in [2.05, 4.69) is 5.10 Å². The molecule has 0 aliphatic heterocycles. The van der Waals surface area contributed by atoms with Crippen LogP contribution >= 0.6 is 0 Å². The van der Waals surface area contributed by atoms with Crippen molar-refractivity contribution >= 4 is 0 Å². The number of rotatable bonds is 2. The Morgan fingerprint density at radius 3 is 2.41 bits per heavy atom. The Kier molecular flexibility index (Phi) is 2.10. The van der Waals surface area contributed by atoms with Crippen LogP contribution in [0, 0.1) is 5.82 Å². The highest BCUT2D eigenvalue weighted by Gasteiger charge is 2.39. The fourth-order valence-corrected chi connectivity index (χ4v) is 2.12. The lowest BCUT2D eigenvalue weighted by Crippen LogP contribution is -2.18. The maximum atomic E-state index is 13.5. The molecule has 1 aliphatic rings. The largest absolute Gasteiger partial charge is 0.321 e. The first-order valence-corrected chi connectivity index (χ1v) is 5.67. The lowest BCUT2D eigenvalue weighted by atomic mass is 10.0. The van der Waals surface area contributed by atoms with E-state index in [1.54, 1.807) is 11.7 Å².